The molecule has 1 aromatic carbocycles. The van der Waals surface area contributed by atoms with Crippen molar-refractivity contribution in [1.82, 2.24) is 0 Å². The van der Waals surface area contributed by atoms with Gasteiger partial charge in [0.2, 0.25) is 0 Å². The van der Waals surface area contributed by atoms with Crippen molar-refractivity contribution < 1.29 is 17.9 Å². The molecule has 5 heteroatoms. The minimum atomic E-state index is -3.13. The maximum atomic E-state index is 11.9. The smallest absolute Gasteiger partial charge is 0.308 e. The number of aryl methyl sites for hydroxylation is 1. The number of hydrogen-bond acceptors (Lipinski definition) is 4. The zero-order valence-corrected chi connectivity index (χ0v) is 13.4. The molecule has 0 radical (unpaired) electrons. The van der Waals surface area contributed by atoms with Crippen molar-refractivity contribution >= 4 is 15.8 Å². The summed E-state index contributed by atoms with van der Waals surface area (Å²) in [5.41, 5.74) is 1.11. The molecule has 0 heterocycles. The van der Waals surface area contributed by atoms with E-state index in [1.54, 1.807) is 12.1 Å². The molecule has 0 aliphatic heterocycles. The Hall–Kier alpha value is -1.36. The number of carbonyl (C=O) groups excluding carboxylic acids is 1. The second kappa shape index (κ2) is 6.60. The minimum Gasteiger partial charge on any atom is -0.469 e. The lowest BCUT2D eigenvalue weighted by Gasteiger charge is -2.05. The number of sulfone groups is 1. The molecule has 21 heavy (non-hydrogen) atoms. The van der Waals surface area contributed by atoms with Crippen molar-refractivity contribution in [2.45, 2.75) is 37.5 Å². The molecule has 0 aromatic heterocycles. The fraction of sp³-hybridized carbons (Fsp3) is 0.562. The lowest BCUT2D eigenvalue weighted by atomic mass is 10.1. The quantitative estimate of drug-likeness (QED) is 0.726. The number of hydrogen-bond donors (Lipinski definition) is 0. The number of rotatable bonds is 7. The highest BCUT2D eigenvalue weighted by Gasteiger charge is 2.43. The van der Waals surface area contributed by atoms with Gasteiger partial charge >= 0.3 is 5.97 Å². The maximum absolute atomic E-state index is 11.9. The summed E-state index contributed by atoms with van der Waals surface area (Å²) < 4.78 is 28.6. The Morgan fingerprint density at radius 3 is 2.52 bits per heavy atom. The molecule has 4 nitrogen and oxygen atoms in total. The highest BCUT2D eigenvalue weighted by Crippen LogP contribution is 2.42. The molecule has 1 saturated carbocycles. The lowest BCUT2D eigenvalue weighted by Crippen LogP contribution is -2.06. The number of benzene rings is 1. The van der Waals surface area contributed by atoms with E-state index in [1.165, 1.54) is 7.11 Å². The fourth-order valence-electron chi connectivity index (χ4n) is 2.61. The van der Waals surface area contributed by atoms with Gasteiger partial charge in [-0.05, 0) is 49.3 Å². The average molecular weight is 310 g/mol. The molecule has 0 N–H and O–H groups in total. The highest BCUT2D eigenvalue weighted by molar-refractivity contribution is 7.91. The first kappa shape index (κ1) is 16.0. The summed E-state index contributed by atoms with van der Waals surface area (Å²) in [5.74, 6) is 0.566. The Labute approximate surface area is 126 Å². The van der Waals surface area contributed by atoms with Crippen molar-refractivity contribution in [3.63, 3.8) is 0 Å². The van der Waals surface area contributed by atoms with Gasteiger partial charge in [0, 0.05) is 0 Å². The molecule has 2 atom stereocenters. The number of carbonyl (C=O) groups is 1. The van der Waals surface area contributed by atoms with Gasteiger partial charge in [-0.1, -0.05) is 19.1 Å². The molecule has 116 valence electrons. The fourth-order valence-corrected chi connectivity index (χ4v) is 3.93. The summed E-state index contributed by atoms with van der Waals surface area (Å²) in [5, 5.41) is 0. The Morgan fingerprint density at radius 2 is 1.95 bits per heavy atom. The normalized spacial score (nSPS) is 21.0. The Balaban J connectivity index is 1.88. The Kier molecular flexibility index (Phi) is 5.04. The van der Waals surface area contributed by atoms with Gasteiger partial charge in [-0.15, -0.1) is 0 Å². The molecular formula is C16H22O4S. The summed E-state index contributed by atoms with van der Waals surface area (Å²) in [6.45, 7) is 1.86. The SMILES string of the molecule is CCCS(=O)(=O)c1ccc(CCC2CC2C(=O)OC)cc1. The molecular weight excluding hydrogens is 288 g/mol. The van der Waals surface area contributed by atoms with E-state index in [4.69, 9.17) is 4.74 Å². The van der Waals surface area contributed by atoms with Crippen LogP contribution in [-0.2, 0) is 25.8 Å². The van der Waals surface area contributed by atoms with Crippen molar-refractivity contribution in [3.05, 3.63) is 29.8 Å². The minimum absolute atomic E-state index is 0.0687. The number of methoxy groups -OCH3 is 1. The van der Waals surface area contributed by atoms with Crippen LogP contribution in [0.3, 0.4) is 0 Å². The summed E-state index contributed by atoms with van der Waals surface area (Å²) in [7, 11) is -1.71. The molecule has 0 amide bonds. The van der Waals surface area contributed by atoms with Gasteiger partial charge in [0.1, 0.15) is 0 Å². The first-order chi connectivity index (χ1) is 9.97. The summed E-state index contributed by atoms with van der Waals surface area (Å²) in [4.78, 5) is 11.7. The molecule has 2 rings (SSSR count). The van der Waals surface area contributed by atoms with Gasteiger partial charge in [-0.2, -0.15) is 0 Å². The molecule has 0 bridgehead atoms. The van der Waals surface area contributed by atoms with E-state index in [0.717, 1.165) is 24.8 Å². The molecule has 1 fully saturated rings. The van der Waals surface area contributed by atoms with Gasteiger partial charge in [0.25, 0.3) is 0 Å². The van der Waals surface area contributed by atoms with Gasteiger partial charge < -0.3 is 4.74 Å². The van der Waals surface area contributed by atoms with Crippen LogP contribution in [0.4, 0.5) is 0 Å². The van der Waals surface area contributed by atoms with Crippen molar-refractivity contribution in [2.75, 3.05) is 12.9 Å². The summed E-state index contributed by atoms with van der Waals surface area (Å²) in [6.07, 6.45) is 3.35. The van der Waals surface area contributed by atoms with Gasteiger partial charge in [0.15, 0.2) is 9.84 Å². The average Bonchev–Trinajstić information content (AvgIpc) is 3.24. The third-order valence-corrected chi connectivity index (χ3v) is 5.92. The molecule has 1 aliphatic rings. The molecule has 1 aliphatic carbocycles. The first-order valence-electron chi connectivity index (χ1n) is 7.37. The molecule has 2 unspecified atom stereocenters. The predicted molar refractivity (Wildman–Crippen MR) is 80.7 cm³/mol. The largest absolute Gasteiger partial charge is 0.469 e. The van der Waals surface area contributed by atoms with E-state index in [2.05, 4.69) is 0 Å². The van der Waals surface area contributed by atoms with Crippen LogP contribution in [0.1, 0.15) is 31.7 Å². The van der Waals surface area contributed by atoms with Crippen LogP contribution in [0.2, 0.25) is 0 Å². The third kappa shape index (κ3) is 4.06. The predicted octanol–water partition coefficient (Wildman–Crippen LogP) is 2.61. The second-order valence-corrected chi connectivity index (χ2v) is 7.74. The summed E-state index contributed by atoms with van der Waals surface area (Å²) >= 11 is 0. The van der Waals surface area contributed by atoms with E-state index < -0.39 is 9.84 Å². The summed E-state index contributed by atoms with van der Waals surface area (Å²) in [6, 6.07) is 7.12. The topological polar surface area (TPSA) is 60.4 Å². The molecule has 0 saturated heterocycles. The van der Waals surface area contributed by atoms with Crippen LogP contribution in [0.5, 0.6) is 0 Å². The Bertz CT molecular complexity index is 589. The second-order valence-electron chi connectivity index (χ2n) is 5.63. The van der Waals surface area contributed by atoms with Gasteiger partial charge in [-0.3, -0.25) is 4.79 Å². The van der Waals surface area contributed by atoms with E-state index >= 15 is 0 Å². The standard InChI is InChI=1S/C16H22O4S/c1-3-10-21(18,19)14-8-5-12(6-9-14)4-7-13-11-15(13)16(17)20-2/h5-6,8-9,13,15H,3-4,7,10-11H2,1-2H3. The zero-order chi connectivity index (χ0) is 15.5. The van der Waals surface area contributed by atoms with E-state index in [9.17, 15) is 13.2 Å². The van der Waals surface area contributed by atoms with Crippen molar-refractivity contribution in [2.24, 2.45) is 11.8 Å². The van der Waals surface area contributed by atoms with E-state index in [0.29, 0.717) is 17.2 Å². The van der Waals surface area contributed by atoms with Gasteiger partial charge in [0.05, 0.1) is 23.7 Å². The van der Waals surface area contributed by atoms with Crippen LogP contribution in [0.15, 0.2) is 29.2 Å². The molecule has 1 aromatic rings. The highest BCUT2D eigenvalue weighted by atomic mass is 32.2. The Morgan fingerprint density at radius 1 is 1.29 bits per heavy atom. The number of ether oxygens (including phenoxy) is 1. The van der Waals surface area contributed by atoms with Crippen LogP contribution in [0.25, 0.3) is 0 Å². The van der Waals surface area contributed by atoms with Crippen molar-refractivity contribution in [3.8, 4) is 0 Å². The maximum Gasteiger partial charge on any atom is 0.308 e. The molecule has 0 spiro atoms. The third-order valence-electron chi connectivity index (χ3n) is 3.99. The lowest BCUT2D eigenvalue weighted by molar-refractivity contribution is -0.142. The van der Waals surface area contributed by atoms with Crippen LogP contribution in [-0.4, -0.2) is 27.2 Å². The van der Waals surface area contributed by atoms with Crippen LogP contribution in [0, 0.1) is 11.8 Å². The number of esters is 1. The van der Waals surface area contributed by atoms with Crippen LogP contribution >= 0.6 is 0 Å². The van der Waals surface area contributed by atoms with E-state index in [1.807, 2.05) is 19.1 Å². The monoisotopic (exact) mass is 310 g/mol. The van der Waals surface area contributed by atoms with Crippen LogP contribution < -0.4 is 0 Å². The van der Waals surface area contributed by atoms with Crippen molar-refractivity contribution in [1.29, 1.82) is 0 Å². The first-order valence-corrected chi connectivity index (χ1v) is 9.02. The zero-order valence-electron chi connectivity index (χ0n) is 12.5. The van der Waals surface area contributed by atoms with E-state index in [-0.39, 0.29) is 17.6 Å². The van der Waals surface area contributed by atoms with Gasteiger partial charge in [-0.25, -0.2) is 8.42 Å².